The molecule has 0 unspecified atom stereocenters. The van der Waals surface area contributed by atoms with Gasteiger partial charge >= 0.3 is 0 Å². The predicted octanol–water partition coefficient (Wildman–Crippen LogP) is 4.41. The van der Waals surface area contributed by atoms with Crippen LogP contribution in [0.25, 0.3) is 21.8 Å². The van der Waals surface area contributed by atoms with Crippen LogP contribution in [0.1, 0.15) is 0 Å². The third-order valence-electron chi connectivity index (χ3n) is 3.41. The third-order valence-corrected chi connectivity index (χ3v) is 4.30. The van der Waals surface area contributed by atoms with E-state index in [-0.39, 0.29) is 0 Å². The summed E-state index contributed by atoms with van der Waals surface area (Å²) in [6, 6.07) is 13.8. The Hall–Kier alpha value is -3.12. The van der Waals surface area contributed by atoms with Crippen molar-refractivity contribution >= 4 is 23.0 Å². The van der Waals surface area contributed by atoms with Crippen LogP contribution in [-0.4, -0.2) is 19.9 Å². The summed E-state index contributed by atoms with van der Waals surface area (Å²) < 4.78 is 0. The average Bonchev–Trinajstić information content (AvgIpc) is 3.14. The van der Waals surface area contributed by atoms with E-state index >= 15 is 0 Å². The van der Waals surface area contributed by atoms with E-state index in [1.54, 1.807) is 42.2 Å². The van der Waals surface area contributed by atoms with E-state index < -0.39 is 0 Å². The van der Waals surface area contributed by atoms with Gasteiger partial charge in [-0.1, -0.05) is 12.1 Å². The molecule has 0 fully saturated rings. The lowest BCUT2D eigenvalue weighted by Crippen LogP contribution is -1.95. The quantitative estimate of drug-likeness (QED) is 0.600. The fourth-order valence-electron chi connectivity index (χ4n) is 2.28. The van der Waals surface area contributed by atoms with Gasteiger partial charge in [0.05, 0.1) is 5.69 Å². The largest absolute Gasteiger partial charge is 0.324 e. The molecule has 116 valence electrons. The van der Waals surface area contributed by atoms with Gasteiger partial charge < -0.3 is 5.32 Å². The molecule has 0 saturated carbocycles. The molecule has 6 heteroatoms. The molecule has 3 aromatic heterocycles. The minimum atomic E-state index is 0.574. The molecule has 0 spiro atoms. The number of thiazole rings is 1. The maximum atomic E-state index is 4.73. The highest BCUT2D eigenvalue weighted by molar-refractivity contribution is 7.13. The van der Waals surface area contributed by atoms with Crippen molar-refractivity contribution < 1.29 is 0 Å². The Morgan fingerprint density at radius 3 is 2.50 bits per heavy atom. The van der Waals surface area contributed by atoms with Gasteiger partial charge in [-0.3, -0.25) is 4.98 Å². The molecule has 0 aliphatic carbocycles. The number of rotatable bonds is 4. The fourth-order valence-corrected chi connectivity index (χ4v) is 3.12. The van der Waals surface area contributed by atoms with E-state index in [0.717, 1.165) is 27.5 Å². The zero-order chi connectivity index (χ0) is 16.2. The highest BCUT2D eigenvalue weighted by Gasteiger charge is 2.07. The second-order valence-corrected chi connectivity index (χ2v) is 5.91. The smallest absolute Gasteiger partial charge is 0.227 e. The summed E-state index contributed by atoms with van der Waals surface area (Å²) in [6.07, 6.45) is 6.98. The monoisotopic (exact) mass is 331 g/mol. The molecule has 0 aliphatic rings. The summed E-state index contributed by atoms with van der Waals surface area (Å²) in [5, 5.41) is 6.24. The van der Waals surface area contributed by atoms with Gasteiger partial charge in [0, 0.05) is 47.0 Å². The number of aromatic nitrogens is 4. The summed E-state index contributed by atoms with van der Waals surface area (Å²) in [7, 11) is 0. The third kappa shape index (κ3) is 3.13. The molecule has 0 aliphatic heterocycles. The standard InChI is InChI=1S/C18H13N5S/c1-3-14(11-15(4-1)22-18-20-7-2-8-21-18)16-12-24-17(23-16)13-5-9-19-10-6-13/h1-12H,(H,20,21,22). The summed E-state index contributed by atoms with van der Waals surface area (Å²) >= 11 is 1.62. The van der Waals surface area contributed by atoms with E-state index in [1.165, 1.54) is 0 Å². The van der Waals surface area contributed by atoms with E-state index in [9.17, 15) is 0 Å². The highest BCUT2D eigenvalue weighted by atomic mass is 32.1. The Morgan fingerprint density at radius 1 is 0.833 bits per heavy atom. The second-order valence-electron chi connectivity index (χ2n) is 5.05. The van der Waals surface area contributed by atoms with Crippen LogP contribution >= 0.6 is 11.3 Å². The Bertz CT molecular complexity index is 938. The van der Waals surface area contributed by atoms with Crippen LogP contribution in [0.15, 0.2) is 72.6 Å². The Morgan fingerprint density at radius 2 is 1.67 bits per heavy atom. The molecule has 24 heavy (non-hydrogen) atoms. The van der Waals surface area contributed by atoms with Gasteiger partial charge in [-0.15, -0.1) is 11.3 Å². The maximum Gasteiger partial charge on any atom is 0.227 e. The zero-order valence-electron chi connectivity index (χ0n) is 12.6. The predicted molar refractivity (Wildman–Crippen MR) is 96.1 cm³/mol. The van der Waals surface area contributed by atoms with Crippen molar-refractivity contribution in [3.63, 3.8) is 0 Å². The molecule has 0 bridgehead atoms. The molecule has 4 rings (SSSR count). The van der Waals surface area contributed by atoms with Gasteiger partial charge in [0.2, 0.25) is 5.95 Å². The van der Waals surface area contributed by atoms with Crippen LogP contribution in [-0.2, 0) is 0 Å². The number of hydrogen-bond acceptors (Lipinski definition) is 6. The summed E-state index contributed by atoms with van der Waals surface area (Å²) in [6.45, 7) is 0. The summed E-state index contributed by atoms with van der Waals surface area (Å²) in [4.78, 5) is 17.1. The Kier molecular flexibility index (Phi) is 3.95. The number of pyridine rings is 1. The van der Waals surface area contributed by atoms with Crippen LogP contribution in [0.3, 0.4) is 0 Å². The second kappa shape index (κ2) is 6.55. The molecule has 1 aromatic carbocycles. The average molecular weight is 331 g/mol. The number of hydrogen-bond donors (Lipinski definition) is 1. The summed E-state index contributed by atoms with van der Waals surface area (Å²) in [5.74, 6) is 0.574. The first-order chi connectivity index (χ1) is 11.9. The van der Waals surface area contributed by atoms with Crippen LogP contribution in [0.4, 0.5) is 11.6 Å². The van der Waals surface area contributed by atoms with Crippen LogP contribution < -0.4 is 5.32 Å². The van der Waals surface area contributed by atoms with Crippen molar-refractivity contribution in [1.82, 2.24) is 19.9 Å². The van der Waals surface area contributed by atoms with Gasteiger partial charge in [-0.05, 0) is 30.3 Å². The van der Waals surface area contributed by atoms with Crippen molar-refractivity contribution in [1.29, 1.82) is 0 Å². The van der Waals surface area contributed by atoms with Gasteiger partial charge in [-0.2, -0.15) is 0 Å². The zero-order valence-corrected chi connectivity index (χ0v) is 13.4. The van der Waals surface area contributed by atoms with Crippen molar-refractivity contribution in [2.45, 2.75) is 0 Å². The van der Waals surface area contributed by atoms with E-state index in [1.807, 2.05) is 36.4 Å². The molecule has 0 atom stereocenters. The first-order valence-electron chi connectivity index (χ1n) is 7.39. The van der Waals surface area contributed by atoms with E-state index in [0.29, 0.717) is 5.95 Å². The lowest BCUT2D eigenvalue weighted by atomic mass is 10.1. The fraction of sp³-hybridized carbons (Fsp3) is 0. The molecule has 5 nitrogen and oxygen atoms in total. The minimum Gasteiger partial charge on any atom is -0.324 e. The lowest BCUT2D eigenvalue weighted by Gasteiger charge is -2.05. The highest BCUT2D eigenvalue weighted by Crippen LogP contribution is 2.29. The number of nitrogens with one attached hydrogen (secondary N) is 1. The number of benzene rings is 1. The SMILES string of the molecule is c1cnc(Nc2cccc(-c3csc(-c4ccncc4)n3)c2)nc1. The van der Waals surface area contributed by atoms with Gasteiger partial charge in [0.1, 0.15) is 5.01 Å². The molecule has 0 radical (unpaired) electrons. The van der Waals surface area contributed by atoms with Crippen molar-refractivity contribution in [3.8, 4) is 21.8 Å². The van der Waals surface area contributed by atoms with Crippen LogP contribution in [0, 0.1) is 0 Å². The summed E-state index contributed by atoms with van der Waals surface area (Å²) in [5.41, 5.74) is 4.00. The lowest BCUT2D eigenvalue weighted by molar-refractivity contribution is 1.17. The molecule has 0 amide bonds. The van der Waals surface area contributed by atoms with Crippen molar-refractivity contribution in [2.75, 3.05) is 5.32 Å². The van der Waals surface area contributed by atoms with Gasteiger partial charge in [0.25, 0.3) is 0 Å². The van der Waals surface area contributed by atoms with Gasteiger partial charge in [-0.25, -0.2) is 15.0 Å². The topological polar surface area (TPSA) is 63.6 Å². The molecule has 1 N–H and O–H groups in total. The van der Waals surface area contributed by atoms with Crippen LogP contribution in [0.5, 0.6) is 0 Å². The number of nitrogens with zero attached hydrogens (tertiary/aromatic N) is 4. The first-order valence-corrected chi connectivity index (χ1v) is 8.27. The normalized spacial score (nSPS) is 10.5. The molecular weight excluding hydrogens is 318 g/mol. The first kappa shape index (κ1) is 14.5. The maximum absolute atomic E-state index is 4.73. The van der Waals surface area contributed by atoms with Crippen LogP contribution in [0.2, 0.25) is 0 Å². The molecule has 4 aromatic rings. The van der Waals surface area contributed by atoms with Crippen molar-refractivity contribution in [2.24, 2.45) is 0 Å². The van der Waals surface area contributed by atoms with Gasteiger partial charge in [0.15, 0.2) is 0 Å². The van der Waals surface area contributed by atoms with E-state index in [2.05, 4.69) is 25.6 Å². The number of anilines is 2. The van der Waals surface area contributed by atoms with E-state index in [4.69, 9.17) is 4.98 Å². The molecule has 3 heterocycles. The molecule has 0 saturated heterocycles. The van der Waals surface area contributed by atoms with Crippen molar-refractivity contribution in [3.05, 3.63) is 72.6 Å². The Balaban J connectivity index is 1.61. The molecular formula is C18H13N5S. The Labute approximate surface area is 143 Å². The minimum absolute atomic E-state index is 0.574.